The van der Waals surface area contributed by atoms with Crippen LogP contribution in [0, 0.1) is 0 Å². The molecule has 0 aliphatic heterocycles. The summed E-state index contributed by atoms with van der Waals surface area (Å²) in [4.78, 5) is 23.3. The summed E-state index contributed by atoms with van der Waals surface area (Å²) in [6.45, 7) is 4.92. The maximum absolute atomic E-state index is 13.0. The molecule has 0 aromatic rings. The van der Waals surface area contributed by atoms with Gasteiger partial charge in [-0.15, -0.1) is 0 Å². The van der Waals surface area contributed by atoms with E-state index in [0.717, 1.165) is 38.5 Å². The van der Waals surface area contributed by atoms with Crippen LogP contribution in [-0.4, -0.2) is 73.4 Å². The molecule has 71 heavy (non-hydrogen) atoms. The number of amides is 1. The lowest BCUT2D eigenvalue weighted by Crippen LogP contribution is -2.46. The van der Waals surface area contributed by atoms with Crippen molar-refractivity contribution in [1.29, 1.82) is 0 Å². The summed E-state index contributed by atoms with van der Waals surface area (Å²) in [5.41, 5.74) is 0. The summed E-state index contributed by atoms with van der Waals surface area (Å²) >= 11 is 0. The van der Waals surface area contributed by atoms with Gasteiger partial charge in [0.25, 0.3) is 0 Å². The molecule has 3 unspecified atom stereocenters. The lowest BCUT2D eigenvalue weighted by Gasteiger charge is -2.26. The number of likely N-dealkylation sites (N-methyl/N-ethyl adjacent to an activating group) is 1. The van der Waals surface area contributed by atoms with Crippen molar-refractivity contribution in [2.45, 2.75) is 341 Å². The van der Waals surface area contributed by atoms with Crippen molar-refractivity contribution in [3.8, 4) is 0 Å². The zero-order valence-corrected chi connectivity index (χ0v) is 49.4. The molecule has 0 rings (SSSR count). The van der Waals surface area contributed by atoms with E-state index < -0.39 is 20.0 Å². The number of aliphatic hydroxyl groups excluding tert-OH is 1. The average Bonchev–Trinajstić information content (AvgIpc) is 3.33. The molecule has 0 aliphatic carbocycles. The highest BCUT2D eigenvalue weighted by atomic mass is 31.2. The van der Waals surface area contributed by atoms with E-state index in [2.05, 4.69) is 31.3 Å². The Morgan fingerprint density at radius 3 is 1.08 bits per heavy atom. The molecule has 424 valence electrons. The number of rotatable bonds is 59. The monoisotopic (exact) mass is 1030 g/mol. The molecule has 0 fully saturated rings. The van der Waals surface area contributed by atoms with Crippen molar-refractivity contribution in [3.63, 3.8) is 0 Å². The van der Waals surface area contributed by atoms with Gasteiger partial charge in [-0.1, -0.05) is 296 Å². The molecule has 0 saturated heterocycles. The molecule has 0 spiro atoms. The number of allylic oxidation sites excluding steroid dienone is 2. The Hall–Kier alpha value is -0.760. The molecule has 0 saturated carbocycles. The first-order valence-electron chi connectivity index (χ1n) is 31.6. The summed E-state index contributed by atoms with van der Waals surface area (Å²) in [5, 5.41) is 14.0. The van der Waals surface area contributed by atoms with Gasteiger partial charge in [-0.25, -0.2) is 4.57 Å². The Bertz CT molecular complexity index is 1160. The summed E-state index contributed by atoms with van der Waals surface area (Å²) in [6, 6.07) is -0.756. The van der Waals surface area contributed by atoms with Gasteiger partial charge in [0.2, 0.25) is 5.91 Å². The molecule has 0 bridgehead atoms. The van der Waals surface area contributed by atoms with Crippen molar-refractivity contribution in [2.75, 3.05) is 40.9 Å². The summed E-state index contributed by atoms with van der Waals surface area (Å²) in [5.74, 6) is -0.139. The average molecular weight is 1030 g/mol. The Labute approximate surface area is 443 Å². The van der Waals surface area contributed by atoms with Crippen LogP contribution in [0.15, 0.2) is 12.2 Å². The lowest BCUT2D eigenvalue weighted by atomic mass is 10.0. The zero-order valence-electron chi connectivity index (χ0n) is 48.5. The molecule has 3 atom stereocenters. The van der Waals surface area contributed by atoms with Crippen LogP contribution in [0.5, 0.6) is 0 Å². The molecule has 8 nitrogen and oxygen atoms in total. The van der Waals surface area contributed by atoms with Gasteiger partial charge in [-0.2, -0.15) is 0 Å². The standard InChI is InChI=1S/C62H125N2O6P/c1-6-8-10-12-14-16-18-20-21-22-23-24-25-26-27-28-29-30-31-32-33-34-35-36-37-38-39-40-41-42-43-44-46-48-50-52-54-56-62(66)63-60(59-70-71(67,68)69-58-57-64(3,4)5)61(65)55-53-51-49-47-45-19-17-15-13-11-9-7-2/h30-31,60-61,65H,6-29,32-59H2,1-5H3,(H-,63,66,67,68)/p+1/b31-30-. The first kappa shape index (κ1) is 70.2. The molecule has 0 heterocycles. The van der Waals surface area contributed by atoms with Crippen molar-refractivity contribution in [1.82, 2.24) is 5.32 Å². The topological polar surface area (TPSA) is 105 Å². The normalized spacial score (nSPS) is 13.8. The third-order valence-corrected chi connectivity index (χ3v) is 15.7. The Kier molecular flexibility index (Phi) is 53.5. The number of carbonyl (C=O) groups is 1. The van der Waals surface area contributed by atoms with Crippen LogP contribution in [0.25, 0.3) is 0 Å². The molecular formula is C62H126N2O6P+. The van der Waals surface area contributed by atoms with E-state index >= 15 is 0 Å². The number of nitrogens with zero attached hydrogens (tertiary/aromatic N) is 1. The van der Waals surface area contributed by atoms with Gasteiger partial charge in [0.1, 0.15) is 13.2 Å². The predicted octanol–water partition coefficient (Wildman–Crippen LogP) is 19.4. The zero-order chi connectivity index (χ0) is 52.0. The molecule has 0 aromatic carbocycles. The van der Waals surface area contributed by atoms with Crippen LogP contribution < -0.4 is 5.32 Å². The van der Waals surface area contributed by atoms with Crippen LogP contribution in [0.2, 0.25) is 0 Å². The number of phosphoric ester groups is 1. The SMILES string of the molecule is CCCCCCCCCCCCCCCCCC/C=C\CCCCCCCCCCCCCCCCCCCC(=O)NC(COP(=O)(O)OCC[N+](C)(C)C)C(O)CCCCCCCCCCCCCC. The van der Waals surface area contributed by atoms with E-state index in [1.807, 2.05) is 21.1 Å². The minimum Gasteiger partial charge on any atom is -0.391 e. The largest absolute Gasteiger partial charge is 0.472 e. The Morgan fingerprint density at radius 2 is 0.761 bits per heavy atom. The van der Waals surface area contributed by atoms with Crippen LogP contribution in [0.3, 0.4) is 0 Å². The molecule has 3 N–H and O–H groups in total. The second-order valence-electron chi connectivity index (χ2n) is 23.1. The van der Waals surface area contributed by atoms with E-state index in [9.17, 15) is 19.4 Å². The van der Waals surface area contributed by atoms with E-state index in [-0.39, 0.29) is 19.1 Å². The number of hydrogen-bond donors (Lipinski definition) is 3. The summed E-state index contributed by atoms with van der Waals surface area (Å²) in [7, 11) is 1.63. The number of hydrogen-bond acceptors (Lipinski definition) is 5. The second kappa shape index (κ2) is 54.0. The minimum atomic E-state index is -4.32. The first-order chi connectivity index (χ1) is 34.5. The summed E-state index contributed by atoms with van der Waals surface area (Å²) in [6.07, 6.45) is 67.4. The number of unbranched alkanes of at least 4 members (excludes halogenated alkanes) is 44. The van der Waals surface area contributed by atoms with Gasteiger partial charge in [0.05, 0.1) is 39.9 Å². The molecule has 1 amide bonds. The molecule has 0 radical (unpaired) electrons. The number of carbonyl (C=O) groups excluding carboxylic acids is 1. The number of phosphoric acid groups is 1. The van der Waals surface area contributed by atoms with Crippen LogP contribution in [0.4, 0.5) is 0 Å². The molecule has 9 heteroatoms. The fourth-order valence-corrected chi connectivity index (χ4v) is 10.5. The Balaban J connectivity index is 3.85. The third-order valence-electron chi connectivity index (χ3n) is 14.8. The van der Waals surface area contributed by atoms with Gasteiger partial charge in [0, 0.05) is 6.42 Å². The summed E-state index contributed by atoms with van der Waals surface area (Å²) < 4.78 is 23.7. The quantitative estimate of drug-likeness (QED) is 0.0243. The smallest absolute Gasteiger partial charge is 0.391 e. The molecule has 0 aliphatic rings. The van der Waals surface area contributed by atoms with Gasteiger partial charge in [0.15, 0.2) is 0 Å². The van der Waals surface area contributed by atoms with E-state index in [0.29, 0.717) is 23.9 Å². The van der Waals surface area contributed by atoms with Gasteiger partial charge < -0.3 is 19.8 Å². The minimum absolute atomic E-state index is 0.0776. The maximum Gasteiger partial charge on any atom is 0.472 e. The highest BCUT2D eigenvalue weighted by Crippen LogP contribution is 2.43. The second-order valence-corrected chi connectivity index (χ2v) is 24.6. The number of nitrogens with one attached hydrogen (secondary N) is 1. The van der Waals surface area contributed by atoms with Crippen molar-refractivity contribution in [2.24, 2.45) is 0 Å². The molecule has 0 aromatic heterocycles. The van der Waals surface area contributed by atoms with Crippen LogP contribution in [0.1, 0.15) is 328 Å². The lowest BCUT2D eigenvalue weighted by molar-refractivity contribution is -0.870. The molecular weight excluding hydrogens is 900 g/mol. The maximum atomic E-state index is 13.0. The van der Waals surface area contributed by atoms with E-state index in [1.165, 1.54) is 263 Å². The first-order valence-corrected chi connectivity index (χ1v) is 33.0. The number of aliphatic hydroxyl groups is 1. The third kappa shape index (κ3) is 56.8. The van der Waals surface area contributed by atoms with Gasteiger partial charge in [-0.05, 0) is 38.5 Å². The van der Waals surface area contributed by atoms with Crippen LogP contribution >= 0.6 is 7.82 Å². The van der Waals surface area contributed by atoms with E-state index in [4.69, 9.17) is 9.05 Å². The highest BCUT2D eigenvalue weighted by Gasteiger charge is 2.28. The fourth-order valence-electron chi connectivity index (χ4n) is 9.81. The van der Waals surface area contributed by atoms with Crippen molar-refractivity contribution < 1.29 is 32.9 Å². The van der Waals surface area contributed by atoms with Gasteiger partial charge >= 0.3 is 7.82 Å². The predicted molar refractivity (Wildman–Crippen MR) is 309 cm³/mol. The van der Waals surface area contributed by atoms with Crippen molar-refractivity contribution in [3.05, 3.63) is 12.2 Å². The van der Waals surface area contributed by atoms with Crippen LogP contribution in [-0.2, 0) is 18.4 Å². The Morgan fingerprint density at radius 1 is 0.465 bits per heavy atom. The van der Waals surface area contributed by atoms with Crippen molar-refractivity contribution >= 4 is 13.7 Å². The van der Waals surface area contributed by atoms with Gasteiger partial charge in [-0.3, -0.25) is 13.8 Å². The fraction of sp³-hybridized carbons (Fsp3) is 0.952. The number of quaternary nitrogens is 1. The highest BCUT2D eigenvalue weighted by molar-refractivity contribution is 7.47. The van der Waals surface area contributed by atoms with E-state index in [1.54, 1.807) is 0 Å².